The lowest BCUT2D eigenvalue weighted by atomic mass is 9.59. The third-order valence-electron chi connectivity index (χ3n) is 5.00. The average Bonchev–Trinajstić information content (AvgIpc) is 2.53. The molecule has 0 aliphatic heterocycles. The van der Waals surface area contributed by atoms with E-state index in [9.17, 15) is 9.59 Å². The number of carbonyl (C=O) groups excluding carboxylic acids is 2. The number of methoxy groups -OCH3 is 2. The molecule has 0 saturated heterocycles. The standard InChI is InChI=1S/C18H20O4/c1-11-8-14(21-2)9-12-4-6-18(17(20)22-3)7-5-13(19)10-15(18)16(11)12/h5,7-9,15H,4,6,10H2,1-3H3/t15-,18+/m0/s1. The number of esters is 1. The van der Waals surface area contributed by atoms with E-state index in [2.05, 4.69) is 0 Å². The molecule has 0 radical (unpaired) electrons. The van der Waals surface area contributed by atoms with Crippen LogP contribution in [0.25, 0.3) is 0 Å². The van der Waals surface area contributed by atoms with Gasteiger partial charge in [-0.25, -0.2) is 0 Å². The smallest absolute Gasteiger partial charge is 0.316 e. The molecule has 4 heteroatoms. The summed E-state index contributed by atoms with van der Waals surface area (Å²) in [6.07, 6.45) is 5.09. The lowest BCUT2D eigenvalue weighted by Gasteiger charge is -2.43. The third-order valence-corrected chi connectivity index (χ3v) is 5.00. The zero-order chi connectivity index (χ0) is 15.9. The number of benzene rings is 1. The Labute approximate surface area is 130 Å². The van der Waals surface area contributed by atoms with Gasteiger partial charge in [0.05, 0.1) is 19.6 Å². The van der Waals surface area contributed by atoms with Gasteiger partial charge < -0.3 is 9.47 Å². The van der Waals surface area contributed by atoms with Crippen LogP contribution in [0.2, 0.25) is 0 Å². The first-order chi connectivity index (χ1) is 10.5. The van der Waals surface area contributed by atoms with E-state index < -0.39 is 5.41 Å². The number of ether oxygens (including phenoxy) is 2. The van der Waals surface area contributed by atoms with E-state index in [1.165, 1.54) is 18.7 Å². The van der Waals surface area contributed by atoms with Crippen LogP contribution in [0, 0.1) is 12.3 Å². The molecule has 0 aromatic heterocycles. The van der Waals surface area contributed by atoms with Crippen LogP contribution in [0.5, 0.6) is 5.75 Å². The molecule has 0 heterocycles. The maximum atomic E-state index is 12.5. The molecule has 0 amide bonds. The first-order valence-corrected chi connectivity index (χ1v) is 7.49. The van der Waals surface area contributed by atoms with Crippen molar-refractivity contribution >= 4 is 11.8 Å². The molecule has 3 rings (SSSR count). The van der Waals surface area contributed by atoms with Crippen molar-refractivity contribution < 1.29 is 19.1 Å². The minimum atomic E-state index is -0.713. The fourth-order valence-corrected chi connectivity index (χ4v) is 3.93. The molecule has 0 fully saturated rings. The van der Waals surface area contributed by atoms with Crippen molar-refractivity contribution in [2.45, 2.75) is 32.1 Å². The second-order valence-corrected chi connectivity index (χ2v) is 6.11. The van der Waals surface area contributed by atoms with Crippen molar-refractivity contribution in [1.82, 2.24) is 0 Å². The molecule has 2 aliphatic rings. The third kappa shape index (κ3) is 2.05. The largest absolute Gasteiger partial charge is 0.497 e. The number of allylic oxidation sites excluding steroid dienone is 1. The van der Waals surface area contributed by atoms with Crippen LogP contribution in [-0.4, -0.2) is 26.0 Å². The van der Waals surface area contributed by atoms with E-state index in [1.54, 1.807) is 13.2 Å². The van der Waals surface area contributed by atoms with E-state index in [0.717, 1.165) is 23.3 Å². The van der Waals surface area contributed by atoms with Gasteiger partial charge in [-0.2, -0.15) is 0 Å². The summed E-state index contributed by atoms with van der Waals surface area (Å²) >= 11 is 0. The fourth-order valence-electron chi connectivity index (χ4n) is 3.93. The number of rotatable bonds is 2. The number of fused-ring (bicyclic) bond motifs is 3. The molecule has 116 valence electrons. The molecule has 0 unspecified atom stereocenters. The van der Waals surface area contributed by atoms with Crippen molar-refractivity contribution in [3.63, 3.8) is 0 Å². The van der Waals surface area contributed by atoms with Gasteiger partial charge in [-0.3, -0.25) is 9.59 Å². The summed E-state index contributed by atoms with van der Waals surface area (Å²) in [5.74, 6) is 0.487. The Morgan fingerprint density at radius 1 is 1.32 bits per heavy atom. The van der Waals surface area contributed by atoms with Gasteiger partial charge in [-0.1, -0.05) is 6.08 Å². The summed E-state index contributed by atoms with van der Waals surface area (Å²) in [6, 6.07) is 3.99. The van der Waals surface area contributed by atoms with Gasteiger partial charge in [-0.15, -0.1) is 0 Å². The fraction of sp³-hybridized carbons (Fsp3) is 0.444. The number of aryl methyl sites for hydroxylation is 2. The van der Waals surface area contributed by atoms with Gasteiger partial charge in [0.2, 0.25) is 0 Å². The lowest BCUT2D eigenvalue weighted by Crippen LogP contribution is -2.43. The Bertz CT molecular complexity index is 674. The Morgan fingerprint density at radius 3 is 2.77 bits per heavy atom. The van der Waals surface area contributed by atoms with Crippen molar-refractivity contribution in [3.8, 4) is 5.75 Å². The number of carbonyl (C=O) groups is 2. The molecule has 22 heavy (non-hydrogen) atoms. The SMILES string of the molecule is COC(=O)[C@]12C=CC(=O)C[C@H]1c1c(C)cc(OC)cc1CC2. The molecule has 0 spiro atoms. The summed E-state index contributed by atoms with van der Waals surface area (Å²) in [5, 5.41) is 0. The summed E-state index contributed by atoms with van der Waals surface area (Å²) in [4.78, 5) is 24.4. The maximum Gasteiger partial charge on any atom is 0.316 e. The van der Waals surface area contributed by atoms with Crippen LogP contribution >= 0.6 is 0 Å². The van der Waals surface area contributed by atoms with Crippen LogP contribution in [0.1, 0.15) is 35.4 Å². The molecular formula is C18H20O4. The number of hydrogen-bond acceptors (Lipinski definition) is 4. The molecule has 4 nitrogen and oxygen atoms in total. The van der Waals surface area contributed by atoms with Crippen LogP contribution in [0.15, 0.2) is 24.3 Å². The zero-order valence-electron chi connectivity index (χ0n) is 13.1. The minimum absolute atomic E-state index is 0.0626. The molecule has 0 bridgehead atoms. The van der Waals surface area contributed by atoms with Gasteiger partial charge in [-0.05, 0) is 54.7 Å². The number of hydrogen-bond donors (Lipinski definition) is 0. The quantitative estimate of drug-likeness (QED) is 0.788. The van der Waals surface area contributed by atoms with Gasteiger partial charge in [0.1, 0.15) is 5.75 Å². The van der Waals surface area contributed by atoms with Crippen molar-refractivity contribution in [1.29, 1.82) is 0 Å². The van der Waals surface area contributed by atoms with Crippen molar-refractivity contribution in [2.24, 2.45) is 5.41 Å². The second-order valence-electron chi connectivity index (χ2n) is 6.11. The van der Waals surface area contributed by atoms with E-state index in [1.807, 2.05) is 19.1 Å². The Morgan fingerprint density at radius 2 is 2.09 bits per heavy atom. The van der Waals surface area contributed by atoms with Gasteiger partial charge in [0.15, 0.2) is 5.78 Å². The Balaban J connectivity index is 2.18. The van der Waals surface area contributed by atoms with Gasteiger partial charge in [0.25, 0.3) is 0 Å². The van der Waals surface area contributed by atoms with E-state index in [0.29, 0.717) is 12.8 Å². The summed E-state index contributed by atoms with van der Waals surface area (Å²) in [7, 11) is 3.06. The molecule has 1 aromatic rings. The highest BCUT2D eigenvalue weighted by Crippen LogP contribution is 2.52. The van der Waals surface area contributed by atoms with E-state index in [4.69, 9.17) is 9.47 Å². The predicted molar refractivity (Wildman–Crippen MR) is 82.0 cm³/mol. The molecular weight excluding hydrogens is 280 g/mol. The summed E-state index contributed by atoms with van der Waals surface area (Å²) < 4.78 is 10.4. The molecule has 1 aromatic carbocycles. The van der Waals surface area contributed by atoms with E-state index >= 15 is 0 Å². The van der Waals surface area contributed by atoms with Crippen LogP contribution in [0.4, 0.5) is 0 Å². The normalized spacial score (nSPS) is 26.1. The van der Waals surface area contributed by atoms with Gasteiger partial charge in [0, 0.05) is 12.3 Å². The maximum absolute atomic E-state index is 12.5. The van der Waals surface area contributed by atoms with Crippen LogP contribution in [0.3, 0.4) is 0 Å². The van der Waals surface area contributed by atoms with Crippen molar-refractivity contribution in [2.75, 3.05) is 14.2 Å². The van der Waals surface area contributed by atoms with Crippen LogP contribution in [-0.2, 0) is 20.7 Å². The molecule has 0 saturated carbocycles. The first-order valence-electron chi connectivity index (χ1n) is 7.49. The monoisotopic (exact) mass is 300 g/mol. The highest BCUT2D eigenvalue weighted by Gasteiger charge is 2.51. The zero-order valence-corrected chi connectivity index (χ0v) is 13.1. The predicted octanol–water partition coefficient (Wildman–Crippen LogP) is 2.72. The van der Waals surface area contributed by atoms with Gasteiger partial charge >= 0.3 is 5.97 Å². The van der Waals surface area contributed by atoms with E-state index in [-0.39, 0.29) is 17.7 Å². The highest BCUT2D eigenvalue weighted by molar-refractivity contribution is 5.95. The van der Waals surface area contributed by atoms with Crippen molar-refractivity contribution in [3.05, 3.63) is 41.0 Å². The second kappa shape index (κ2) is 5.27. The Hall–Kier alpha value is -2.10. The minimum Gasteiger partial charge on any atom is -0.497 e. The topological polar surface area (TPSA) is 52.6 Å². The number of ketones is 1. The Kier molecular flexibility index (Phi) is 3.55. The molecule has 2 atom stereocenters. The van der Waals surface area contributed by atoms with Crippen LogP contribution < -0.4 is 4.74 Å². The highest BCUT2D eigenvalue weighted by atomic mass is 16.5. The first kappa shape index (κ1) is 14.8. The lowest BCUT2D eigenvalue weighted by molar-refractivity contribution is -0.152. The summed E-state index contributed by atoms with van der Waals surface area (Å²) in [6.45, 7) is 2.01. The average molecular weight is 300 g/mol. The molecule has 2 aliphatic carbocycles. The molecule has 0 N–H and O–H groups in total. The summed E-state index contributed by atoms with van der Waals surface area (Å²) in [5.41, 5.74) is 2.63.